The van der Waals surface area contributed by atoms with E-state index in [1.54, 1.807) is 7.11 Å². The number of methoxy groups -OCH3 is 2. The van der Waals surface area contributed by atoms with E-state index in [0.29, 0.717) is 17.6 Å². The summed E-state index contributed by atoms with van der Waals surface area (Å²) in [6.45, 7) is 2.44. The van der Waals surface area contributed by atoms with Crippen LogP contribution in [0.4, 0.5) is 5.69 Å². The highest BCUT2D eigenvalue weighted by molar-refractivity contribution is 5.74. The van der Waals surface area contributed by atoms with Crippen molar-refractivity contribution >= 4 is 5.69 Å². The Hall–Kier alpha value is -1.26. The molecule has 0 radical (unpaired) electrons. The first kappa shape index (κ1) is 14.9. The summed E-state index contributed by atoms with van der Waals surface area (Å²) in [6.07, 6.45) is 8.06. The Labute approximate surface area is 149 Å². The van der Waals surface area contributed by atoms with E-state index >= 15 is 0 Å². The average Bonchev–Trinajstić information content (AvgIpc) is 3.20. The highest BCUT2D eigenvalue weighted by atomic mass is 16.5. The van der Waals surface area contributed by atoms with Crippen LogP contribution in [0.5, 0.6) is 5.75 Å². The Kier molecular flexibility index (Phi) is 2.69. The van der Waals surface area contributed by atoms with Gasteiger partial charge in [-0.2, -0.15) is 0 Å². The summed E-state index contributed by atoms with van der Waals surface area (Å²) in [7, 11) is 3.74. The molecule has 25 heavy (non-hydrogen) atoms. The van der Waals surface area contributed by atoms with Crippen molar-refractivity contribution in [3.63, 3.8) is 0 Å². The SMILES string of the molecule is COc1cccc2c1NC13CCC4(CC1)C(OC)CCN1CCC23C14. The maximum absolute atomic E-state index is 6.11. The Morgan fingerprint density at radius 2 is 1.92 bits per heavy atom. The monoisotopic (exact) mass is 340 g/mol. The van der Waals surface area contributed by atoms with Gasteiger partial charge in [-0.1, -0.05) is 12.1 Å². The van der Waals surface area contributed by atoms with Crippen molar-refractivity contribution in [3.8, 4) is 5.75 Å². The van der Waals surface area contributed by atoms with Crippen molar-refractivity contribution in [2.45, 2.75) is 61.6 Å². The van der Waals surface area contributed by atoms with E-state index in [1.165, 1.54) is 62.9 Å². The Bertz CT molecular complexity index is 739. The van der Waals surface area contributed by atoms with Gasteiger partial charge in [0.25, 0.3) is 0 Å². The topological polar surface area (TPSA) is 33.7 Å². The van der Waals surface area contributed by atoms with Gasteiger partial charge < -0.3 is 14.8 Å². The summed E-state index contributed by atoms with van der Waals surface area (Å²) >= 11 is 0. The van der Waals surface area contributed by atoms with Gasteiger partial charge in [-0.25, -0.2) is 0 Å². The molecule has 2 bridgehead atoms. The molecule has 7 rings (SSSR count). The molecule has 3 saturated carbocycles. The molecule has 3 atom stereocenters. The van der Waals surface area contributed by atoms with Crippen LogP contribution in [0.2, 0.25) is 0 Å². The van der Waals surface area contributed by atoms with Gasteiger partial charge in [0.2, 0.25) is 0 Å². The highest BCUT2D eigenvalue weighted by Crippen LogP contribution is 2.73. The number of fused-ring (bicyclic) bond motifs is 3. The minimum Gasteiger partial charge on any atom is -0.495 e. The lowest BCUT2D eigenvalue weighted by Gasteiger charge is -2.68. The minimum atomic E-state index is 0.223. The molecule has 3 aliphatic carbocycles. The molecule has 3 aliphatic heterocycles. The van der Waals surface area contributed by atoms with E-state index in [4.69, 9.17) is 9.47 Å². The molecule has 1 N–H and O–H groups in total. The number of para-hydroxylation sites is 1. The van der Waals surface area contributed by atoms with Crippen molar-refractivity contribution in [2.24, 2.45) is 5.41 Å². The second-order valence-electron chi connectivity index (χ2n) is 9.00. The molecule has 6 aliphatic rings. The lowest BCUT2D eigenvalue weighted by molar-refractivity contribution is -0.172. The van der Waals surface area contributed by atoms with E-state index < -0.39 is 0 Å². The molecule has 3 unspecified atom stereocenters. The van der Waals surface area contributed by atoms with E-state index in [0.717, 1.165) is 5.75 Å². The standard InChI is InChI=1S/C21H28N2O2/c1-24-15-5-3-4-14-17(15)22-20-9-7-19(8-10-20)16(25-2)6-12-23-13-11-21(14,20)18(19)23/h3-5,16,18,22H,6-13H2,1-2H3. The first-order valence-corrected chi connectivity index (χ1v) is 9.93. The summed E-state index contributed by atoms with van der Waals surface area (Å²) in [4.78, 5) is 2.82. The van der Waals surface area contributed by atoms with Gasteiger partial charge in [-0.3, -0.25) is 4.90 Å². The van der Waals surface area contributed by atoms with Crippen molar-refractivity contribution in [1.29, 1.82) is 0 Å². The van der Waals surface area contributed by atoms with Crippen LogP contribution in [-0.4, -0.2) is 49.9 Å². The Morgan fingerprint density at radius 3 is 2.68 bits per heavy atom. The molecule has 3 spiro atoms. The zero-order valence-electron chi connectivity index (χ0n) is 15.3. The quantitative estimate of drug-likeness (QED) is 0.897. The summed E-state index contributed by atoms with van der Waals surface area (Å²) < 4.78 is 11.9. The predicted molar refractivity (Wildman–Crippen MR) is 97.3 cm³/mol. The van der Waals surface area contributed by atoms with Crippen LogP contribution in [0, 0.1) is 5.41 Å². The van der Waals surface area contributed by atoms with E-state index in [1.807, 2.05) is 7.11 Å². The molecular weight excluding hydrogens is 312 g/mol. The largest absolute Gasteiger partial charge is 0.495 e. The van der Waals surface area contributed by atoms with Crippen LogP contribution in [0.3, 0.4) is 0 Å². The van der Waals surface area contributed by atoms with Gasteiger partial charge in [-0.15, -0.1) is 0 Å². The molecule has 4 nitrogen and oxygen atoms in total. The van der Waals surface area contributed by atoms with E-state index in [9.17, 15) is 0 Å². The van der Waals surface area contributed by atoms with Crippen molar-refractivity contribution in [3.05, 3.63) is 23.8 Å². The first-order valence-electron chi connectivity index (χ1n) is 9.93. The number of anilines is 1. The normalized spacial score (nSPS) is 46.3. The fourth-order valence-corrected chi connectivity index (χ4v) is 7.99. The lowest BCUT2D eigenvalue weighted by Crippen LogP contribution is -2.75. The third-order valence-electron chi connectivity index (χ3n) is 8.75. The summed E-state index contributed by atoms with van der Waals surface area (Å²) in [5, 5.41) is 4.05. The summed E-state index contributed by atoms with van der Waals surface area (Å²) in [6, 6.07) is 7.32. The minimum absolute atomic E-state index is 0.223. The number of hydrogen-bond donors (Lipinski definition) is 1. The first-order chi connectivity index (χ1) is 12.2. The molecule has 5 fully saturated rings. The molecular formula is C21H28N2O2. The van der Waals surface area contributed by atoms with Crippen molar-refractivity contribution in [2.75, 3.05) is 32.6 Å². The lowest BCUT2D eigenvalue weighted by atomic mass is 9.41. The number of hydrogen-bond acceptors (Lipinski definition) is 4. The van der Waals surface area contributed by atoms with Crippen molar-refractivity contribution < 1.29 is 9.47 Å². The van der Waals surface area contributed by atoms with Crippen LogP contribution in [-0.2, 0) is 10.2 Å². The number of benzene rings is 1. The molecule has 4 heteroatoms. The molecule has 1 aromatic rings. The number of ether oxygens (including phenoxy) is 2. The van der Waals surface area contributed by atoms with Gasteiger partial charge in [0.1, 0.15) is 5.75 Å². The number of rotatable bonds is 2. The average molecular weight is 340 g/mol. The van der Waals surface area contributed by atoms with E-state index in [-0.39, 0.29) is 11.0 Å². The second kappa shape index (κ2) is 4.52. The van der Waals surface area contributed by atoms with Gasteiger partial charge >= 0.3 is 0 Å². The predicted octanol–water partition coefficient (Wildman–Crippen LogP) is 3.16. The third kappa shape index (κ3) is 1.39. The van der Waals surface area contributed by atoms with Crippen molar-refractivity contribution in [1.82, 2.24) is 4.90 Å². The highest BCUT2D eigenvalue weighted by Gasteiger charge is 2.77. The second-order valence-corrected chi connectivity index (χ2v) is 9.00. The Balaban J connectivity index is 1.62. The molecule has 0 amide bonds. The van der Waals surface area contributed by atoms with Gasteiger partial charge in [0, 0.05) is 36.1 Å². The van der Waals surface area contributed by atoms with Crippen LogP contribution in [0.15, 0.2) is 18.2 Å². The smallest absolute Gasteiger partial charge is 0.142 e. The summed E-state index contributed by atoms with van der Waals surface area (Å²) in [5.74, 6) is 1.02. The van der Waals surface area contributed by atoms with Crippen LogP contribution < -0.4 is 10.1 Å². The van der Waals surface area contributed by atoms with Gasteiger partial charge in [0.05, 0.1) is 18.9 Å². The van der Waals surface area contributed by atoms with Gasteiger partial charge in [-0.05, 0) is 56.7 Å². The van der Waals surface area contributed by atoms with Crippen LogP contribution >= 0.6 is 0 Å². The fourth-order valence-electron chi connectivity index (χ4n) is 7.99. The molecule has 0 aromatic heterocycles. The van der Waals surface area contributed by atoms with E-state index in [2.05, 4.69) is 28.4 Å². The third-order valence-corrected chi connectivity index (χ3v) is 8.75. The zero-order chi connectivity index (χ0) is 16.9. The van der Waals surface area contributed by atoms with Crippen LogP contribution in [0.25, 0.3) is 0 Å². The molecule has 2 saturated heterocycles. The Morgan fingerprint density at radius 1 is 1.08 bits per heavy atom. The molecule has 1 aromatic carbocycles. The molecule has 134 valence electrons. The number of piperidine rings is 1. The van der Waals surface area contributed by atoms with Gasteiger partial charge in [0.15, 0.2) is 0 Å². The zero-order valence-corrected chi connectivity index (χ0v) is 15.3. The number of nitrogens with zero attached hydrogens (tertiary/aromatic N) is 1. The number of nitrogens with one attached hydrogen (secondary N) is 1. The maximum atomic E-state index is 6.11. The molecule has 3 heterocycles. The fraction of sp³-hybridized carbons (Fsp3) is 0.714. The summed E-state index contributed by atoms with van der Waals surface area (Å²) in [5.41, 5.74) is 3.62. The van der Waals surface area contributed by atoms with Crippen LogP contribution in [0.1, 0.15) is 44.1 Å². The maximum Gasteiger partial charge on any atom is 0.142 e.